The van der Waals surface area contributed by atoms with Crippen molar-refractivity contribution >= 4 is 23.9 Å². The molecule has 3 amide bonds. The Hall–Kier alpha value is -2.41. The number of para-hydroxylation sites is 1. The fourth-order valence-corrected chi connectivity index (χ4v) is 3.85. The zero-order valence-electron chi connectivity index (χ0n) is 18.6. The molecule has 0 saturated heterocycles. The summed E-state index contributed by atoms with van der Waals surface area (Å²) in [5.41, 5.74) is 1.54. The van der Waals surface area contributed by atoms with E-state index < -0.39 is 17.4 Å². The van der Waals surface area contributed by atoms with Gasteiger partial charge in [-0.3, -0.25) is 19.6 Å². The van der Waals surface area contributed by atoms with E-state index >= 15 is 0 Å². The van der Waals surface area contributed by atoms with Crippen LogP contribution in [-0.2, 0) is 20.8 Å². The number of rotatable bonds is 9. The molecule has 0 aromatic heterocycles. The van der Waals surface area contributed by atoms with E-state index in [1.807, 2.05) is 52.0 Å². The van der Waals surface area contributed by atoms with Crippen LogP contribution in [0.4, 0.5) is 5.69 Å². The SMILES string of the molecule is CCCCC(CN(O)C=O)C(=O)NC(C(=O)N1CCCc2ccccc21)C(C)(C)C. The van der Waals surface area contributed by atoms with Gasteiger partial charge in [-0.2, -0.15) is 0 Å². The number of carbonyl (C=O) groups is 3. The highest BCUT2D eigenvalue weighted by atomic mass is 16.5. The number of carbonyl (C=O) groups excluding carboxylic acids is 3. The number of nitrogens with one attached hydrogen (secondary N) is 1. The molecule has 2 atom stereocenters. The first-order chi connectivity index (χ1) is 14.2. The topological polar surface area (TPSA) is 90.0 Å². The van der Waals surface area contributed by atoms with E-state index in [9.17, 15) is 19.6 Å². The Morgan fingerprint density at radius 1 is 1.30 bits per heavy atom. The van der Waals surface area contributed by atoms with Gasteiger partial charge in [-0.25, -0.2) is 5.06 Å². The van der Waals surface area contributed by atoms with Crippen molar-refractivity contribution in [1.82, 2.24) is 10.4 Å². The standard InChI is InChI=1S/C23H35N3O4/c1-5-6-10-18(15-25(30)16-27)21(28)24-20(23(2,3)4)22(29)26-14-9-12-17-11-7-8-13-19(17)26/h7-8,11,13,16,18,20,30H,5-6,9-10,12,14-15H2,1-4H3,(H,24,28). The number of hydrogen-bond acceptors (Lipinski definition) is 4. The van der Waals surface area contributed by atoms with Crippen LogP contribution in [0, 0.1) is 11.3 Å². The summed E-state index contributed by atoms with van der Waals surface area (Å²) in [4.78, 5) is 39.2. The fraction of sp³-hybridized carbons (Fsp3) is 0.609. The van der Waals surface area contributed by atoms with Crippen LogP contribution in [0.15, 0.2) is 24.3 Å². The van der Waals surface area contributed by atoms with E-state index in [1.165, 1.54) is 0 Å². The number of hydroxylamine groups is 2. The van der Waals surface area contributed by atoms with Crippen LogP contribution < -0.4 is 10.2 Å². The van der Waals surface area contributed by atoms with Gasteiger partial charge in [-0.05, 0) is 36.3 Å². The highest BCUT2D eigenvalue weighted by Crippen LogP contribution is 2.30. The third-order valence-electron chi connectivity index (χ3n) is 5.58. The first kappa shape index (κ1) is 23.9. The fourth-order valence-electron chi connectivity index (χ4n) is 3.85. The van der Waals surface area contributed by atoms with Crippen LogP contribution in [0.1, 0.15) is 58.9 Å². The second-order valence-electron chi connectivity index (χ2n) is 9.10. The molecule has 7 heteroatoms. The number of fused-ring (bicyclic) bond motifs is 1. The molecule has 30 heavy (non-hydrogen) atoms. The summed E-state index contributed by atoms with van der Waals surface area (Å²) in [7, 11) is 0. The molecule has 1 aliphatic rings. The van der Waals surface area contributed by atoms with Crippen molar-refractivity contribution < 1.29 is 19.6 Å². The summed E-state index contributed by atoms with van der Waals surface area (Å²) in [5.74, 6) is -1.03. The molecule has 2 rings (SSSR count). The van der Waals surface area contributed by atoms with Gasteiger partial charge in [-0.1, -0.05) is 58.7 Å². The second-order valence-corrected chi connectivity index (χ2v) is 9.10. The molecular weight excluding hydrogens is 382 g/mol. The van der Waals surface area contributed by atoms with Gasteiger partial charge < -0.3 is 10.2 Å². The number of unbranched alkanes of at least 4 members (excludes halogenated alkanes) is 1. The Bertz CT molecular complexity index is 744. The normalized spacial score (nSPS) is 15.7. The third-order valence-corrected chi connectivity index (χ3v) is 5.58. The van der Waals surface area contributed by atoms with Gasteiger partial charge in [0.25, 0.3) is 0 Å². The molecule has 1 heterocycles. The van der Waals surface area contributed by atoms with Crippen LogP contribution in [0.3, 0.4) is 0 Å². The monoisotopic (exact) mass is 417 g/mol. The van der Waals surface area contributed by atoms with E-state index in [0.717, 1.165) is 36.9 Å². The maximum absolute atomic E-state index is 13.6. The Labute approximate surface area is 179 Å². The number of benzene rings is 1. The van der Waals surface area contributed by atoms with Crippen LogP contribution in [0.2, 0.25) is 0 Å². The van der Waals surface area contributed by atoms with Crippen molar-refractivity contribution in [1.29, 1.82) is 0 Å². The minimum atomic E-state index is -0.719. The van der Waals surface area contributed by atoms with Crippen molar-refractivity contribution in [2.75, 3.05) is 18.0 Å². The van der Waals surface area contributed by atoms with E-state index in [0.29, 0.717) is 24.4 Å². The Morgan fingerprint density at radius 2 is 2.00 bits per heavy atom. The molecule has 0 radical (unpaired) electrons. The van der Waals surface area contributed by atoms with Gasteiger partial charge in [0.1, 0.15) is 6.04 Å². The zero-order chi connectivity index (χ0) is 22.3. The van der Waals surface area contributed by atoms with Crippen LogP contribution >= 0.6 is 0 Å². The predicted molar refractivity (Wildman–Crippen MR) is 116 cm³/mol. The lowest BCUT2D eigenvalue weighted by atomic mass is 9.84. The molecule has 1 aromatic rings. The minimum absolute atomic E-state index is 0.0903. The van der Waals surface area contributed by atoms with Crippen LogP contribution in [0.25, 0.3) is 0 Å². The third kappa shape index (κ3) is 6.05. The van der Waals surface area contributed by atoms with Crippen LogP contribution in [0.5, 0.6) is 0 Å². The zero-order valence-corrected chi connectivity index (χ0v) is 18.6. The van der Waals surface area contributed by atoms with E-state index in [2.05, 4.69) is 5.32 Å². The largest absolute Gasteiger partial charge is 0.343 e. The highest BCUT2D eigenvalue weighted by molar-refractivity contribution is 6.00. The summed E-state index contributed by atoms with van der Waals surface area (Å²) in [5, 5.41) is 13.0. The Kier molecular flexibility index (Phi) is 8.41. The Balaban J connectivity index is 2.24. The van der Waals surface area contributed by atoms with Crippen LogP contribution in [-0.4, -0.2) is 47.6 Å². The number of aryl methyl sites for hydroxylation is 1. The first-order valence-corrected chi connectivity index (χ1v) is 10.8. The van der Waals surface area contributed by atoms with Gasteiger partial charge in [0.15, 0.2) is 0 Å². The molecule has 2 unspecified atom stereocenters. The lowest BCUT2D eigenvalue weighted by Gasteiger charge is -2.38. The second kappa shape index (κ2) is 10.6. The molecule has 1 aromatic carbocycles. The van der Waals surface area contributed by atoms with Crippen molar-refractivity contribution in [2.24, 2.45) is 11.3 Å². The molecule has 0 saturated carbocycles. The predicted octanol–water partition coefficient (Wildman–Crippen LogP) is 3.15. The summed E-state index contributed by atoms with van der Waals surface area (Å²) < 4.78 is 0. The molecule has 166 valence electrons. The molecule has 2 N–H and O–H groups in total. The summed E-state index contributed by atoms with van der Waals surface area (Å²) in [6, 6.07) is 7.16. The molecular formula is C23H35N3O4. The Morgan fingerprint density at radius 3 is 2.63 bits per heavy atom. The van der Waals surface area contributed by atoms with E-state index in [4.69, 9.17) is 0 Å². The van der Waals surface area contributed by atoms with Crippen molar-refractivity contribution in [3.63, 3.8) is 0 Å². The van der Waals surface area contributed by atoms with Gasteiger partial charge in [0.05, 0.1) is 12.5 Å². The van der Waals surface area contributed by atoms with Gasteiger partial charge in [0.2, 0.25) is 18.2 Å². The average molecular weight is 418 g/mol. The van der Waals surface area contributed by atoms with Gasteiger partial charge >= 0.3 is 0 Å². The lowest BCUT2D eigenvalue weighted by Crippen LogP contribution is -2.57. The molecule has 0 aliphatic carbocycles. The maximum atomic E-state index is 13.6. The summed E-state index contributed by atoms with van der Waals surface area (Å²) in [6.45, 7) is 8.32. The minimum Gasteiger partial charge on any atom is -0.343 e. The average Bonchev–Trinajstić information content (AvgIpc) is 2.72. The van der Waals surface area contributed by atoms with Crippen molar-refractivity contribution in [2.45, 2.75) is 65.8 Å². The lowest BCUT2D eigenvalue weighted by molar-refractivity contribution is -0.155. The molecule has 7 nitrogen and oxygen atoms in total. The molecule has 0 bridgehead atoms. The smallest absolute Gasteiger partial charge is 0.250 e. The summed E-state index contributed by atoms with van der Waals surface area (Å²) >= 11 is 0. The van der Waals surface area contributed by atoms with E-state index in [1.54, 1.807) is 4.90 Å². The van der Waals surface area contributed by atoms with E-state index in [-0.39, 0.29) is 18.4 Å². The quantitative estimate of drug-likeness (QED) is 0.367. The summed E-state index contributed by atoms with van der Waals surface area (Å²) in [6.07, 6.45) is 4.32. The van der Waals surface area contributed by atoms with Gasteiger partial charge in [-0.15, -0.1) is 0 Å². The number of hydrogen-bond donors (Lipinski definition) is 2. The van der Waals surface area contributed by atoms with Crippen molar-refractivity contribution in [3.8, 4) is 0 Å². The number of anilines is 1. The molecule has 1 aliphatic heterocycles. The van der Waals surface area contributed by atoms with Gasteiger partial charge in [0, 0.05) is 12.2 Å². The highest BCUT2D eigenvalue weighted by Gasteiger charge is 2.38. The first-order valence-electron chi connectivity index (χ1n) is 10.8. The maximum Gasteiger partial charge on any atom is 0.250 e. The number of nitrogens with zero attached hydrogens (tertiary/aromatic N) is 2. The molecule has 0 spiro atoms. The number of amides is 3. The van der Waals surface area contributed by atoms with Crippen molar-refractivity contribution in [3.05, 3.63) is 29.8 Å². The molecule has 0 fully saturated rings.